The molecule has 0 rings (SSSR count). The van der Waals surface area contributed by atoms with Crippen LogP contribution in [-0.4, -0.2) is 16.8 Å². The first-order valence-corrected chi connectivity index (χ1v) is 4.26. The summed E-state index contributed by atoms with van der Waals surface area (Å²) in [4.78, 5) is 0. The van der Waals surface area contributed by atoms with Crippen LogP contribution in [0.5, 0.6) is 0 Å². The average molecular weight is 182 g/mol. The third-order valence-corrected chi connectivity index (χ3v) is 2.42. The number of thiol groups is 1. The van der Waals surface area contributed by atoms with Gasteiger partial charge in [-0.3, -0.25) is 0 Å². The summed E-state index contributed by atoms with van der Waals surface area (Å²) in [5.74, 6) is 0. The zero-order valence-corrected chi connectivity index (χ0v) is 6.95. The van der Waals surface area contributed by atoms with Crippen LogP contribution in [0.25, 0.3) is 0 Å². The Morgan fingerprint density at radius 1 is 1.57 bits per heavy atom. The van der Waals surface area contributed by atoms with Crippen LogP contribution < -0.4 is 5.73 Å². The van der Waals surface area contributed by atoms with Crippen molar-refractivity contribution in [2.45, 2.75) is 0 Å². The van der Waals surface area contributed by atoms with E-state index in [4.69, 9.17) is 5.73 Å². The minimum Gasteiger partial charge on any atom is -0.386 e. The van der Waals surface area contributed by atoms with Crippen molar-refractivity contribution in [2.24, 2.45) is 5.73 Å². The quantitative estimate of drug-likeness (QED) is 0.324. The molecule has 1 nitrogen and oxygen atoms in total. The van der Waals surface area contributed by atoms with E-state index < -0.39 is 0 Å². The fourth-order valence-corrected chi connectivity index (χ4v) is 0. The Morgan fingerprint density at radius 3 is 1.71 bits per heavy atom. The van der Waals surface area contributed by atoms with Gasteiger partial charge in [-0.05, 0) is 12.5 Å². The molecular weight excluding hydrogens is 173 g/mol. The molecule has 0 aromatic heterocycles. The summed E-state index contributed by atoms with van der Waals surface area (Å²) in [6.45, 7) is 0. The van der Waals surface area contributed by atoms with E-state index in [-0.39, 0.29) is 27.4 Å². The Morgan fingerprint density at radius 2 is 1.71 bits per heavy atom. The molecule has 0 heterocycles. The SMILES string of the molecule is C[SH](C)C(N)=S.[Ni]. The standard InChI is InChI=1S/C3H9NS2.Ni/c1-6(2)3(4)5;/h6H,1-2H3,(H2,4,5);. The third-order valence-electron chi connectivity index (χ3n) is 0.441. The molecule has 7 heavy (non-hydrogen) atoms. The van der Waals surface area contributed by atoms with E-state index in [1.165, 1.54) is 0 Å². The van der Waals surface area contributed by atoms with Gasteiger partial charge in [-0.25, -0.2) is 10.9 Å². The van der Waals surface area contributed by atoms with E-state index >= 15 is 0 Å². The summed E-state index contributed by atoms with van der Waals surface area (Å²) in [5, 5.41) is 0. The van der Waals surface area contributed by atoms with Crippen molar-refractivity contribution in [1.82, 2.24) is 0 Å². The molecule has 0 aromatic rings. The maximum atomic E-state index is 5.20. The van der Waals surface area contributed by atoms with Gasteiger partial charge >= 0.3 is 0 Å². The van der Waals surface area contributed by atoms with Gasteiger partial charge in [-0.1, -0.05) is 12.2 Å². The molecule has 0 fully saturated rings. The molecule has 0 unspecified atom stereocenters. The maximum Gasteiger partial charge on any atom is 0.110 e. The largest absolute Gasteiger partial charge is 0.386 e. The summed E-state index contributed by atoms with van der Waals surface area (Å²) < 4.78 is 0.657. The van der Waals surface area contributed by atoms with Gasteiger partial charge in [0.2, 0.25) is 0 Å². The molecule has 0 aliphatic heterocycles. The minimum absolute atomic E-state index is 0. The molecule has 0 atom stereocenters. The molecule has 0 radical (unpaired) electrons. The molecule has 0 amide bonds. The van der Waals surface area contributed by atoms with E-state index in [0.717, 1.165) is 0 Å². The van der Waals surface area contributed by atoms with Gasteiger partial charge in [0.15, 0.2) is 0 Å². The van der Waals surface area contributed by atoms with Gasteiger partial charge in [-0.15, -0.1) is 0 Å². The second-order valence-corrected chi connectivity index (χ2v) is 4.25. The predicted octanol–water partition coefficient (Wildman–Crippen LogP) is 0.488. The van der Waals surface area contributed by atoms with Crippen LogP contribution in [0.2, 0.25) is 0 Å². The van der Waals surface area contributed by atoms with E-state index in [1.54, 1.807) is 0 Å². The molecule has 0 saturated carbocycles. The van der Waals surface area contributed by atoms with Crippen LogP contribution in [0.1, 0.15) is 0 Å². The summed E-state index contributed by atoms with van der Waals surface area (Å²) in [5.41, 5.74) is 5.20. The van der Waals surface area contributed by atoms with Crippen molar-refractivity contribution in [3.8, 4) is 0 Å². The molecule has 0 aliphatic rings. The normalized spacial score (nSPS) is 9.14. The zero-order chi connectivity index (χ0) is 5.15. The first kappa shape index (κ1) is 10.7. The van der Waals surface area contributed by atoms with Gasteiger partial charge < -0.3 is 5.73 Å². The van der Waals surface area contributed by atoms with E-state index in [2.05, 4.69) is 12.2 Å². The number of hydrogen-bond acceptors (Lipinski definition) is 1. The van der Waals surface area contributed by atoms with Crippen LogP contribution in [0.15, 0.2) is 0 Å². The molecule has 0 aliphatic carbocycles. The van der Waals surface area contributed by atoms with Crippen molar-refractivity contribution in [3.63, 3.8) is 0 Å². The Balaban J connectivity index is 0. The van der Waals surface area contributed by atoms with Crippen LogP contribution in [0, 0.1) is 0 Å². The van der Waals surface area contributed by atoms with E-state index in [1.807, 2.05) is 12.5 Å². The Kier molecular flexibility index (Phi) is 7.44. The molecule has 2 N–H and O–H groups in total. The van der Waals surface area contributed by atoms with Crippen molar-refractivity contribution < 1.29 is 16.5 Å². The molecule has 4 heteroatoms. The first-order chi connectivity index (χ1) is 2.64. The Labute approximate surface area is 62.3 Å². The van der Waals surface area contributed by atoms with Gasteiger partial charge in [0.1, 0.15) is 4.32 Å². The van der Waals surface area contributed by atoms with Crippen molar-refractivity contribution >= 4 is 27.4 Å². The number of rotatable bonds is 0. The second kappa shape index (κ2) is 4.88. The summed E-state index contributed by atoms with van der Waals surface area (Å²) in [6, 6.07) is 0. The van der Waals surface area contributed by atoms with Gasteiger partial charge in [0.05, 0.1) is 0 Å². The topological polar surface area (TPSA) is 26.0 Å². The molecule has 0 spiro atoms. The molecule has 0 bridgehead atoms. The molecule has 0 saturated heterocycles. The average Bonchev–Trinajstić information content (AvgIpc) is 1.36. The van der Waals surface area contributed by atoms with E-state index in [0.29, 0.717) is 4.32 Å². The summed E-state index contributed by atoms with van der Waals surface area (Å²) in [7, 11) is -0.150. The maximum absolute atomic E-state index is 5.20. The number of thiocarbonyl (C=S) groups is 1. The molecule has 0 aromatic carbocycles. The summed E-state index contributed by atoms with van der Waals surface area (Å²) >= 11 is 4.63. The predicted molar refractivity (Wildman–Crippen MR) is 37.6 cm³/mol. The minimum atomic E-state index is -0.150. The zero-order valence-electron chi connectivity index (χ0n) is 4.25. The monoisotopic (exact) mass is 181 g/mol. The summed E-state index contributed by atoms with van der Waals surface area (Å²) in [6.07, 6.45) is 4.08. The number of nitrogens with two attached hydrogens (primary N) is 1. The third kappa shape index (κ3) is 6.73. The van der Waals surface area contributed by atoms with Gasteiger partial charge in [-0.2, -0.15) is 0 Å². The second-order valence-electron chi connectivity index (χ2n) is 1.23. The fraction of sp³-hybridized carbons (Fsp3) is 0.667. The van der Waals surface area contributed by atoms with E-state index in [9.17, 15) is 0 Å². The van der Waals surface area contributed by atoms with Crippen molar-refractivity contribution in [1.29, 1.82) is 0 Å². The van der Waals surface area contributed by atoms with Gasteiger partial charge in [0.25, 0.3) is 0 Å². The van der Waals surface area contributed by atoms with Crippen LogP contribution in [0.4, 0.5) is 0 Å². The molecule has 48 valence electrons. The Hall–Kier alpha value is 0.734. The van der Waals surface area contributed by atoms with Crippen LogP contribution in [-0.2, 0) is 16.5 Å². The smallest absolute Gasteiger partial charge is 0.110 e. The Bertz CT molecular complexity index is 64.0. The molecular formula is C3H9NNiS2. The van der Waals surface area contributed by atoms with Crippen LogP contribution >= 0.6 is 23.1 Å². The van der Waals surface area contributed by atoms with Gasteiger partial charge in [0, 0.05) is 16.5 Å². The van der Waals surface area contributed by atoms with Crippen molar-refractivity contribution in [3.05, 3.63) is 0 Å². The first-order valence-electron chi connectivity index (χ1n) is 1.61. The fourth-order valence-electron chi connectivity index (χ4n) is 0. The van der Waals surface area contributed by atoms with Crippen molar-refractivity contribution in [2.75, 3.05) is 12.5 Å². The number of hydrogen-bond donors (Lipinski definition) is 2. The van der Waals surface area contributed by atoms with Crippen LogP contribution in [0.3, 0.4) is 0 Å².